The van der Waals surface area contributed by atoms with E-state index < -0.39 is 8.56 Å². The number of rotatable bonds is 10. The molecule has 0 spiro atoms. The molecule has 0 saturated carbocycles. The van der Waals surface area contributed by atoms with Crippen molar-refractivity contribution >= 4 is 8.56 Å². The van der Waals surface area contributed by atoms with Crippen LogP contribution in [0.1, 0.15) is 33.1 Å². The van der Waals surface area contributed by atoms with Gasteiger partial charge in [0.1, 0.15) is 0 Å². The van der Waals surface area contributed by atoms with Crippen LogP contribution in [-0.4, -0.2) is 47.7 Å². The molecular weight excluding hydrogens is 248 g/mol. The Kier molecular flexibility index (Phi) is 8.09. The van der Waals surface area contributed by atoms with E-state index in [1.165, 1.54) is 6.42 Å². The third-order valence-corrected chi connectivity index (χ3v) is 6.21. The van der Waals surface area contributed by atoms with Crippen LogP contribution in [0.3, 0.4) is 0 Å². The first-order valence-corrected chi connectivity index (χ1v) is 9.70. The van der Waals surface area contributed by atoms with E-state index >= 15 is 0 Å². The molecule has 1 unspecified atom stereocenters. The summed E-state index contributed by atoms with van der Waals surface area (Å²) in [5.41, 5.74) is 0. The van der Waals surface area contributed by atoms with E-state index in [4.69, 9.17) is 18.3 Å². The fourth-order valence-corrected chi connectivity index (χ4v) is 4.66. The second kappa shape index (κ2) is 9.04. The molecule has 0 aliphatic carbocycles. The fraction of sp³-hybridized carbons (Fsp3) is 1.00. The van der Waals surface area contributed by atoms with E-state index in [-0.39, 0.29) is 0 Å². The van der Waals surface area contributed by atoms with Crippen molar-refractivity contribution < 1.29 is 18.3 Å². The van der Waals surface area contributed by atoms with Crippen molar-refractivity contribution in [1.29, 1.82) is 0 Å². The van der Waals surface area contributed by atoms with E-state index in [1.54, 1.807) is 0 Å². The van der Waals surface area contributed by atoms with E-state index in [1.807, 2.05) is 13.8 Å². The average Bonchev–Trinajstić information content (AvgIpc) is 2.82. The van der Waals surface area contributed by atoms with Crippen molar-refractivity contribution in [2.75, 3.05) is 33.0 Å². The molecule has 1 aliphatic rings. The summed E-state index contributed by atoms with van der Waals surface area (Å²) in [4.78, 5) is 0. The lowest BCUT2D eigenvalue weighted by atomic mass is 10.2. The molecule has 5 heteroatoms. The Morgan fingerprint density at radius 1 is 1.22 bits per heavy atom. The molecule has 1 saturated heterocycles. The Balaban J connectivity index is 2.06. The quantitative estimate of drug-likeness (QED) is 0.454. The lowest BCUT2D eigenvalue weighted by Crippen LogP contribution is -2.38. The Morgan fingerprint density at radius 2 is 1.94 bits per heavy atom. The van der Waals surface area contributed by atoms with Crippen molar-refractivity contribution in [2.45, 2.75) is 51.8 Å². The maximum atomic E-state index is 5.79. The minimum Gasteiger partial charge on any atom is -0.395 e. The molecule has 108 valence electrons. The molecule has 4 nitrogen and oxygen atoms in total. The van der Waals surface area contributed by atoms with Crippen molar-refractivity contribution in [3.8, 4) is 0 Å². The molecule has 0 radical (unpaired) electrons. The lowest BCUT2D eigenvalue weighted by molar-refractivity contribution is 0.0169. The van der Waals surface area contributed by atoms with Gasteiger partial charge in [0.2, 0.25) is 0 Å². The molecular formula is C13H28O4Si. The fourth-order valence-electron chi connectivity index (χ4n) is 2.28. The third-order valence-electron chi connectivity index (χ3n) is 3.15. The smallest absolute Gasteiger partial charge is 0.334 e. The highest BCUT2D eigenvalue weighted by Crippen LogP contribution is 2.16. The maximum Gasteiger partial charge on any atom is 0.334 e. The zero-order valence-corrected chi connectivity index (χ0v) is 13.1. The molecule has 0 N–H and O–H groups in total. The monoisotopic (exact) mass is 276 g/mol. The van der Waals surface area contributed by atoms with Crippen LogP contribution in [0.5, 0.6) is 0 Å². The summed E-state index contributed by atoms with van der Waals surface area (Å²) in [5.74, 6) is 0. The molecule has 0 aromatic rings. The largest absolute Gasteiger partial charge is 0.395 e. The Morgan fingerprint density at radius 3 is 2.50 bits per heavy atom. The van der Waals surface area contributed by atoms with Gasteiger partial charge < -0.3 is 18.3 Å². The van der Waals surface area contributed by atoms with Crippen molar-refractivity contribution in [1.82, 2.24) is 0 Å². The molecule has 1 fully saturated rings. The van der Waals surface area contributed by atoms with E-state index in [2.05, 4.69) is 6.55 Å². The molecule has 1 atom stereocenters. The van der Waals surface area contributed by atoms with Crippen LogP contribution in [0, 0.1) is 0 Å². The van der Waals surface area contributed by atoms with Crippen LogP contribution < -0.4 is 0 Å². The predicted octanol–water partition coefficient (Wildman–Crippen LogP) is 2.72. The number of hydrogen-bond donors (Lipinski definition) is 0. The molecule has 0 aromatic heterocycles. The molecule has 1 aliphatic heterocycles. The lowest BCUT2D eigenvalue weighted by Gasteiger charge is -2.25. The van der Waals surface area contributed by atoms with E-state index in [0.29, 0.717) is 6.10 Å². The summed E-state index contributed by atoms with van der Waals surface area (Å²) in [7, 11) is -1.94. The zero-order valence-electron chi connectivity index (χ0n) is 12.1. The summed E-state index contributed by atoms with van der Waals surface area (Å²) in [6.45, 7) is 10.1. The third kappa shape index (κ3) is 6.29. The Labute approximate surface area is 112 Å². The summed E-state index contributed by atoms with van der Waals surface area (Å²) < 4.78 is 22.7. The standard InChI is InChI=1S/C13H28O4Si/c1-4-16-18(3,17-5-2)11-7-9-14-12-13-8-6-10-15-13/h13H,4-12H2,1-3H3. The zero-order chi connectivity index (χ0) is 13.3. The van der Waals surface area contributed by atoms with E-state index in [9.17, 15) is 0 Å². The van der Waals surface area contributed by atoms with Gasteiger partial charge in [0, 0.05) is 26.4 Å². The molecule has 1 rings (SSSR count). The van der Waals surface area contributed by atoms with Gasteiger partial charge in [-0.3, -0.25) is 0 Å². The van der Waals surface area contributed by atoms with Gasteiger partial charge in [-0.15, -0.1) is 0 Å². The van der Waals surface area contributed by atoms with Gasteiger partial charge in [-0.25, -0.2) is 0 Å². The van der Waals surface area contributed by atoms with Crippen molar-refractivity contribution in [3.05, 3.63) is 0 Å². The van der Waals surface area contributed by atoms with Gasteiger partial charge in [-0.05, 0) is 45.7 Å². The molecule has 0 bridgehead atoms. The van der Waals surface area contributed by atoms with Crippen LogP contribution in [0.4, 0.5) is 0 Å². The molecule has 1 heterocycles. The normalized spacial score (nSPS) is 20.5. The Bertz CT molecular complexity index is 201. The van der Waals surface area contributed by atoms with Crippen LogP contribution in [-0.2, 0) is 18.3 Å². The predicted molar refractivity (Wildman–Crippen MR) is 74.1 cm³/mol. The highest BCUT2D eigenvalue weighted by molar-refractivity contribution is 6.66. The highest BCUT2D eigenvalue weighted by Gasteiger charge is 2.29. The highest BCUT2D eigenvalue weighted by atomic mass is 28.4. The molecule has 0 aromatic carbocycles. The molecule has 18 heavy (non-hydrogen) atoms. The SMILES string of the molecule is CCO[Si](C)(CCCOCC1CCCO1)OCC. The molecule has 0 amide bonds. The van der Waals surface area contributed by atoms with Crippen LogP contribution in [0.2, 0.25) is 12.6 Å². The van der Waals surface area contributed by atoms with Gasteiger partial charge in [-0.1, -0.05) is 0 Å². The van der Waals surface area contributed by atoms with Crippen LogP contribution in [0.25, 0.3) is 0 Å². The summed E-state index contributed by atoms with van der Waals surface area (Å²) in [6.07, 6.45) is 3.65. The van der Waals surface area contributed by atoms with Gasteiger partial charge in [0.25, 0.3) is 0 Å². The van der Waals surface area contributed by atoms with Gasteiger partial charge in [0.05, 0.1) is 12.7 Å². The minimum absolute atomic E-state index is 0.326. The number of hydrogen-bond acceptors (Lipinski definition) is 4. The van der Waals surface area contributed by atoms with Crippen molar-refractivity contribution in [2.24, 2.45) is 0 Å². The first kappa shape index (κ1) is 16.1. The summed E-state index contributed by atoms with van der Waals surface area (Å²) >= 11 is 0. The first-order chi connectivity index (χ1) is 8.70. The minimum atomic E-state index is -1.94. The van der Waals surface area contributed by atoms with E-state index in [0.717, 1.165) is 51.9 Å². The van der Waals surface area contributed by atoms with Crippen molar-refractivity contribution in [3.63, 3.8) is 0 Å². The van der Waals surface area contributed by atoms with Gasteiger partial charge >= 0.3 is 8.56 Å². The van der Waals surface area contributed by atoms with Crippen LogP contribution in [0.15, 0.2) is 0 Å². The topological polar surface area (TPSA) is 36.9 Å². The first-order valence-electron chi connectivity index (χ1n) is 7.17. The van der Waals surface area contributed by atoms with Crippen LogP contribution >= 0.6 is 0 Å². The van der Waals surface area contributed by atoms with Gasteiger partial charge in [0.15, 0.2) is 0 Å². The average molecular weight is 276 g/mol. The summed E-state index contributed by atoms with van der Waals surface area (Å²) in [6, 6.07) is 1.00. The van der Waals surface area contributed by atoms with Gasteiger partial charge in [-0.2, -0.15) is 0 Å². The Hall–Kier alpha value is 0.0569. The summed E-state index contributed by atoms with van der Waals surface area (Å²) in [5, 5.41) is 0. The second-order valence-electron chi connectivity index (χ2n) is 4.81. The maximum absolute atomic E-state index is 5.79. The second-order valence-corrected chi connectivity index (χ2v) is 8.16. The number of ether oxygens (including phenoxy) is 2.